The van der Waals surface area contributed by atoms with Crippen LogP contribution in [-0.4, -0.2) is 36.5 Å². The van der Waals surface area contributed by atoms with E-state index >= 15 is 0 Å². The number of nitrogens with zero attached hydrogens (tertiary/aromatic N) is 1. The molecule has 1 N–H and O–H groups in total. The molecule has 1 fully saturated rings. The highest BCUT2D eigenvalue weighted by Gasteiger charge is 2.28. The standard InChI is InChI=1S/C22H28N2O3S/c1-4-27-22(26)18-11-8-12-24(13-18)14-19-15(2)16(3)28-21(19)23-20(25)17-9-6-5-7-10-17/h5-7,9-10,18H,4,8,11-14H2,1-3H3,(H,23,25). The molecular formula is C22H28N2O3S. The summed E-state index contributed by atoms with van der Waals surface area (Å²) in [5, 5.41) is 4.00. The Bertz CT molecular complexity index is 832. The minimum Gasteiger partial charge on any atom is -0.466 e. The van der Waals surface area contributed by atoms with Gasteiger partial charge in [0.25, 0.3) is 5.91 Å². The molecule has 0 aliphatic carbocycles. The molecule has 5 nitrogen and oxygen atoms in total. The van der Waals surface area contributed by atoms with Crippen LogP contribution in [-0.2, 0) is 16.1 Å². The largest absolute Gasteiger partial charge is 0.466 e. The average Bonchev–Trinajstić information content (AvgIpc) is 2.96. The Labute approximate surface area is 170 Å². The molecule has 1 aromatic carbocycles. The molecular weight excluding hydrogens is 372 g/mol. The molecule has 0 spiro atoms. The van der Waals surface area contributed by atoms with Gasteiger partial charge in [0.1, 0.15) is 5.00 Å². The van der Waals surface area contributed by atoms with Gasteiger partial charge in [0.2, 0.25) is 0 Å². The fraction of sp³-hybridized carbons (Fsp3) is 0.455. The highest BCUT2D eigenvalue weighted by Crippen LogP contribution is 2.34. The Hall–Kier alpha value is -2.18. The smallest absolute Gasteiger partial charge is 0.310 e. The molecule has 0 bridgehead atoms. The van der Waals surface area contributed by atoms with Gasteiger partial charge in [0.05, 0.1) is 12.5 Å². The van der Waals surface area contributed by atoms with Crippen LogP contribution in [0.25, 0.3) is 0 Å². The van der Waals surface area contributed by atoms with E-state index in [1.54, 1.807) is 11.3 Å². The van der Waals surface area contributed by atoms with Crippen LogP contribution in [0.2, 0.25) is 0 Å². The van der Waals surface area contributed by atoms with Crippen molar-refractivity contribution in [2.75, 3.05) is 25.0 Å². The first-order valence-corrected chi connectivity index (χ1v) is 10.7. The minimum absolute atomic E-state index is 0.0592. The molecule has 2 aromatic rings. The molecule has 28 heavy (non-hydrogen) atoms. The van der Waals surface area contributed by atoms with Gasteiger partial charge in [0, 0.05) is 29.1 Å². The highest BCUT2D eigenvalue weighted by molar-refractivity contribution is 7.16. The first-order chi connectivity index (χ1) is 13.5. The number of hydrogen-bond donors (Lipinski definition) is 1. The first kappa shape index (κ1) is 20.6. The predicted molar refractivity (Wildman–Crippen MR) is 113 cm³/mol. The number of hydrogen-bond acceptors (Lipinski definition) is 5. The zero-order valence-electron chi connectivity index (χ0n) is 16.8. The van der Waals surface area contributed by atoms with E-state index in [4.69, 9.17) is 4.74 Å². The Kier molecular flexibility index (Phi) is 6.86. The van der Waals surface area contributed by atoms with Gasteiger partial charge in [-0.3, -0.25) is 14.5 Å². The van der Waals surface area contributed by atoms with E-state index in [9.17, 15) is 9.59 Å². The van der Waals surface area contributed by atoms with Crippen molar-refractivity contribution in [2.24, 2.45) is 5.92 Å². The topological polar surface area (TPSA) is 58.6 Å². The van der Waals surface area contributed by atoms with Crippen molar-refractivity contribution in [1.29, 1.82) is 0 Å². The summed E-state index contributed by atoms with van der Waals surface area (Å²) in [7, 11) is 0. The lowest BCUT2D eigenvalue weighted by atomic mass is 9.97. The van der Waals surface area contributed by atoms with Crippen molar-refractivity contribution in [2.45, 2.75) is 40.2 Å². The molecule has 1 aliphatic rings. The quantitative estimate of drug-likeness (QED) is 0.731. The Balaban J connectivity index is 1.73. The van der Waals surface area contributed by atoms with Crippen LogP contribution in [0, 0.1) is 19.8 Å². The number of piperidine rings is 1. The Morgan fingerprint density at radius 1 is 1.25 bits per heavy atom. The third-order valence-corrected chi connectivity index (χ3v) is 6.45. The summed E-state index contributed by atoms with van der Waals surface area (Å²) in [4.78, 5) is 28.3. The van der Waals surface area contributed by atoms with E-state index in [0.29, 0.717) is 18.7 Å². The molecule has 1 atom stereocenters. The fourth-order valence-corrected chi connectivity index (χ4v) is 4.67. The lowest BCUT2D eigenvalue weighted by Gasteiger charge is -2.31. The van der Waals surface area contributed by atoms with Gasteiger partial charge in [0.15, 0.2) is 0 Å². The molecule has 3 rings (SSSR count). The van der Waals surface area contributed by atoms with Gasteiger partial charge in [-0.25, -0.2) is 0 Å². The molecule has 0 radical (unpaired) electrons. The molecule has 1 amide bonds. The monoisotopic (exact) mass is 400 g/mol. The maximum atomic E-state index is 12.6. The van der Waals surface area contributed by atoms with Crippen molar-refractivity contribution in [3.05, 3.63) is 51.9 Å². The first-order valence-electron chi connectivity index (χ1n) is 9.83. The van der Waals surface area contributed by atoms with Crippen molar-refractivity contribution in [1.82, 2.24) is 4.90 Å². The predicted octanol–water partition coefficient (Wildman–Crippen LogP) is 4.39. The van der Waals surface area contributed by atoms with Crippen LogP contribution in [0.1, 0.15) is 46.1 Å². The van der Waals surface area contributed by atoms with Gasteiger partial charge in [-0.15, -0.1) is 11.3 Å². The van der Waals surface area contributed by atoms with Crippen molar-refractivity contribution in [3.8, 4) is 0 Å². The van der Waals surface area contributed by atoms with Crippen LogP contribution in [0.3, 0.4) is 0 Å². The summed E-state index contributed by atoms with van der Waals surface area (Å²) in [6, 6.07) is 9.26. The van der Waals surface area contributed by atoms with E-state index in [-0.39, 0.29) is 17.8 Å². The number of ether oxygens (including phenoxy) is 1. The number of aryl methyl sites for hydroxylation is 1. The molecule has 1 aromatic heterocycles. The molecule has 1 aliphatic heterocycles. The van der Waals surface area contributed by atoms with Crippen LogP contribution in [0.5, 0.6) is 0 Å². The minimum atomic E-state index is -0.0944. The van der Waals surface area contributed by atoms with Gasteiger partial charge in [-0.05, 0) is 57.9 Å². The number of carbonyl (C=O) groups is 2. The molecule has 2 heterocycles. The number of rotatable bonds is 6. The van der Waals surface area contributed by atoms with E-state index in [2.05, 4.69) is 24.1 Å². The van der Waals surface area contributed by atoms with Crippen LogP contribution in [0.15, 0.2) is 30.3 Å². The summed E-state index contributed by atoms with van der Waals surface area (Å²) in [6.45, 7) is 8.85. The van der Waals surface area contributed by atoms with E-state index in [0.717, 1.165) is 36.5 Å². The number of nitrogens with one attached hydrogen (secondary N) is 1. The molecule has 1 unspecified atom stereocenters. The van der Waals surface area contributed by atoms with Gasteiger partial charge >= 0.3 is 5.97 Å². The Morgan fingerprint density at radius 3 is 2.71 bits per heavy atom. The summed E-state index contributed by atoms with van der Waals surface area (Å²) < 4.78 is 5.21. The van der Waals surface area contributed by atoms with Gasteiger partial charge in [-0.1, -0.05) is 18.2 Å². The second-order valence-electron chi connectivity index (χ2n) is 7.24. The highest BCUT2D eigenvalue weighted by atomic mass is 32.1. The summed E-state index contributed by atoms with van der Waals surface area (Å²) in [5.41, 5.74) is 3.01. The molecule has 0 saturated carbocycles. The Morgan fingerprint density at radius 2 is 2.00 bits per heavy atom. The number of anilines is 1. The summed E-state index contributed by atoms with van der Waals surface area (Å²) in [6.07, 6.45) is 1.87. The second kappa shape index (κ2) is 9.34. The van der Waals surface area contributed by atoms with Crippen molar-refractivity contribution < 1.29 is 14.3 Å². The fourth-order valence-electron chi connectivity index (χ4n) is 3.61. The second-order valence-corrected chi connectivity index (χ2v) is 8.46. The maximum absolute atomic E-state index is 12.6. The normalized spacial score (nSPS) is 17.3. The maximum Gasteiger partial charge on any atom is 0.310 e. The number of thiophene rings is 1. The van der Waals surface area contributed by atoms with Crippen LogP contribution < -0.4 is 5.32 Å². The molecule has 150 valence electrons. The number of amides is 1. The third kappa shape index (κ3) is 4.80. The number of carbonyl (C=O) groups excluding carboxylic acids is 2. The van der Waals surface area contributed by atoms with E-state index in [1.807, 2.05) is 37.3 Å². The average molecular weight is 401 g/mol. The van der Waals surface area contributed by atoms with Gasteiger partial charge in [-0.2, -0.15) is 0 Å². The van der Waals surface area contributed by atoms with Crippen LogP contribution >= 0.6 is 11.3 Å². The van der Waals surface area contributed by atoms with Gasteiger partial charge < -0.3 is 10.1 Å². The van der Waals surface area contributed by atoms with Crippen molar-refractivity contribution in [3.63, 3.8) is 0 Å². The summed E-state index contributed by atoms with van der Waals surface area (Å²) >= 11 is 1.62. The lowest BCUT2D eigenvalue weighted by molar-refractivity contribution is -0.150. The summed E-state index contributed by atoms with van der Waals surface area (Å²) in [5.74, 6) is -0.245. The molecule has 6 heteroatoms. The zero-order chi connectivity index (χ0) is 20.1. The van der Waals surface area contributed by atoms with E-state index in [1.165, 1.54) is 10.4 Å². The number of benzene rings is 1. The molecule has 1 saturated heterocycles. The zero-order valence-corrected chi connectivity index (χ0v) is 17.6. The SMILES string of the molecule is CCOC(=O)C1CCCN(Cc2c(NC(=O)c3ccccc3)sc(C)c2C)C1. The number of likely N-dealkylation sites (tertiary alicyclic amines) is 1. The van der Waals surface area contributed by atoms with Crippen LogP contribution in [0.4, 0.5) is 5.00 Å². The van der Waals surface area contributed by atoms with Crippen molar-refractivity contribution >= 4 is 28.2 Å². The lowest BCUT2D eigenvalue weighted by Crippen LogP contribution is -2.39. The van der Waals surface area contributed by atoms with E-state index < -0.39 is 0 Å². The number of esters is 1. The third-order valence-electron chi connectivity index (χ3n) is 5.28.